The Morgan fingerprint density at radius 2 is 2.06 bits per heavy atom. The number of nitrogens with one attached hydrogen (secondary N) is 1. The molecule has 2 rings (SSSR count). The molecule has 1 heterocycles. The third-order valence-electron chi connectivity index (χ3n) is 2.98. The van der Waals surface area contributed by atoms with Crippen LogP contribution in [0.3, 0.4) is 0 Å². The number of carbonyl (C=O) groups is 2. The molecule has 0 bridgehead atoms. The van der Waals surface area contributed by atoms with Crippen LogP contribution in [-0.4, -0.2) is 23.5 Å². The minimum Gasteiger partial charge on any atom is -0.545 e. The van der Waals surface area contributed by atoms with Crippen molar-refractivity contribution in [2.75, 3.05) is 6.61 Å². The van der Waals surface area contributed by atoms with Gasteiger partial charge in [0, 0.05) is 11.3 Å². The molecule has 0 aromatic carbocycles. The minimum absolute atomic E-state index is 0.0156. The molecule has 0 fully saturated rings. The molecule has 0 radical (unpaired) electrons. The molecule has 1 aliphatic rings. The molecule has 0 amide bonds. The molecule has 0 spiro atoms. The molecule has 92 valence electrons. The van der Waals surface area contributed by atoms with Gasteiger partial charge in [0.2, 0.25) is 0 Å². The molecule has 1 N–H and O–H groups in total. The number of carboxylic acid groups (broad SMARTS) is 1. The predicted octanol–water partition coefficient (Wildman–Crippen LogP) is 0.434. The standard InChI is InChI=1S/C12H15NO4/c1-2-17-12(16)10-9(11(14)15)7-5-3-4-6-8(7)13-10/h13H,2-6H2,1H3,(H,14,15)/p-1. The lowest BCUT2D eigenvalue weighted by atomic mass is 9.94. The zero-order chi connectivity index (χ0) is 12.4. The zero-order valence-corrected chi connectivity index (χ0v) is 9.67. The fourth-order valence-electron chi connectivity index (χ4n) is 2.27. The second-order valence-electron chi connectivity index (χ2n) is 4.05. The number of esters is 1. The van der Waals surface area contributed by atoms with E-state index in [1.54, 1.807) is 6.92 Å². The molecule has 5 heteroatoms. The Balaban J connectivity index is 2.47. The van der Waals surface area contributed by atoms with Gasteiger partial charge >= 0.3 is 5.97 Å². The van der Waals surface area contributed by atoms with Crippen molar-refractivity contribution < 1.29 is 19.4 Å². The summed E-state index contributed by atoms with van der Waals surface area (Å²) in [5.41, 5.74) is 1.55. The summed E-state index contributed by atoms with van der Waals surface area (Å²) in [6.45, 7) is 1.90. The van der Waals surface area contributed by atoms with Crippen molar-refractivity contribution >= 4 is 11.9 Å². The number of aromatic carboxylic acids is 1. The summed E-state index contributed by atoms with van der Waals surface area (Å²) in [4.78, 5) is 25.6. The molecule has 5 nitrogen and oxygen atoms in total. The molecular formula is C12H14NO4-. The number of rotatable bonds is 3. The van der Waals surface area contributed by atoms with Crippen LogP contribution in [0, 0.1) is 0 Å². The molecule has 0 aliphatic heterocycles. The van der Waals surface area contributed by atoms with Crippen LogP contribution in [0.2, 0.25) is 0 Å². The van der Waals surface area contributed by atoms with Gasteiger partial charge in [-0.3, -0.25) is 0 Å². The molecule has 0 saturated heterocycles. The van der Waals surface area contributed by atoms with Crippen LogP contribution in [-0.2, 0) is 17.6 Å². The maximum absolute atomic E-state index is 11.6. The van der Waals surface area contributed by atoms with Gasteiger partial charge in [-0.25, -0.2) is 4.79 Å². The third kappa shape index (κ3) is 2.05. The Kier molecular flexibility index (Phi) is 3.17. The van der Waals surface area contributed by atoms with E-state index in [1.165, 1.54) is 0 Å². The smallest absolute Gasteiger partial charge is 0.355 e. The maximum atomic E-state index is 11.6. The summed E-state index contributed by atoms with van der Waals surface area (Å²) in [6.07, 6.45) is 3.39. The van der Waals surface area contributed by atoms with E-state index >= 15 is 0 Å². The van der Waals surface area contributed by atoms with Crippen molar-refractivity contribution in [3.05, 3.63) is 22.5 Å². The molecule has 1 aliphatic carbocycles. The van der Waals surface area contributed by atoms with Crippen molar-refractivity contribution in [1.29, 1.82) is 0 Å². The predicted molar refractivity (Wildman–Crippen MR) is 57.7 cm³/mol. The van der Waals surface area contributed by atoms with Crippen LogP contribution in [0.1, 0.15) is 51.9 Å². The Morgan fingerprint density at radius 3 is 2.71 bits per heavy atom. The van der Waals surface area contributed by atoms with E-state index in [2.05, 4.69) is 4.98 Å². The number of H-pyrrole nitrogens is 1. The normalized spacial score (nSPS) is 14.2. The lowest BCUT2D eigenvalue weighted by molar-refractivity contribution is -0.255. The molecule has 0 atom stereocenters. The van der Waals surface area contributed by atoms with E-state index in [9.17, 15) is 14.7 Å². The van der Waals surface area contributed by atoms with Gasteiger partial charge in [0.25, 0.3) is 0 Å². The van der Waals surface area contributed by atoms with Crippen LogP contribution in [0.4, 0.5) is 0 Å². The van der Waals surface area contributed by atoms with E-state index in [-0.39, 0.29) is 17.9 Å². The molecule has 1 aromatic heterocycles. The molecule has 0 unspecified atom stereocenters. The second kappa shape index (κ2) is 4.61. The van der Waals surface area contributed by atoms with Gasteiger partial charge in [0.1, 0.15) is 5.69 Å². The number of aromatic amines is 1. The first-order chi connectivity index (χ1) is 8.15. The average molecular weight is 236 g/mol. The van der Waals surface area contributed by atoms with Gasteiger partial charge in [-0.15, -0.1) is 0 Å². The molecular weight excluding hydrogens is 222 g/mol. The fourth-order valence-corrected chi connectivity index (χ4v) is 2.27. The summed E-state index contributed by atoms with van der Waals surface area (Å²) in [6, 6.07) is 0. The Labute approximate surface area is 98.8 Å². The number of carboxylic acids is 1. The largest absolute Gasteiger partial charge is 0.545 e. The number of fused-ring (bicyclic) bond motifs is 1. The van der Waals surface area contributed by atoms with Crippen LogP contribution >= 0.6 is 0 Å². The number of hydrogen-bond donors (Lipinski definition) is 1. The third-order valence-corrected chi connectivity index (χ3v) is 2.98. The van der Waals surface area contributed by atoms with E-state index in [0.717, 1.165) is 25.0 Å². The lowest BCUT2D eigenvalue weighted by Crippen LogP contribution is -2.26. The second-order valence-corrected chi connectivity index (χ2v) is 4.05. The van der Waals surface area contributed by atoms with Crippen molar-refractivity contribution in [2.24, 2.45) is 0 Å². The highest BCUT2D eigenvalue weighted by Crippen LogP contribution is 2.27. The van der Waals surface area contributed by atoms with Gasteiger partial charge in [0.15, 0.2) is 0 Å². The first-order valence-corrected chi connectivity index (χ1v) is 5.77. The number of hydrogen-bond acceptors (Lipinski definition) is 4. The summed E-state index contributed by atoms with van der Waals surface area (Å²) in [5.74, 6) is -1.94. The highest BCUT2D eigenvalue weighted by molar-refractivity contribution is 6.02. The first-order valence-electron chi connectivity index (χ1n) is 5.77. The Hall–Kier alpha value is -1.78. The van der Waals surface area contributed by atoms with E-state index < -0.39 is 11.9 Å². The summed E-state index contributed by atoms with van der Waals surface area (Å²) < 4.78 is 4.84. The quantitative estimate of drug-likeness (QED) is 0.772. The van der Waals surface area contributed by atoms with Gasteiger partial charge in [0.05, 0.1) is 12.6 Å². The van der Waals surface area contributed by atoms with Crippen LogP contribution in [0.5, 0.6) is 0 Å². The van der Waals surface area contributed by atoms with Crippen molar-refractivity contribution in [3.63, 3.8) is 0 Å². The minimum atomic E-state index is -1.31. The Bertz CT molecular complexity index is 461. The van der Waals surface area contributed by atoms with Gasteiger partial charge in [-0.05, 0) is 38.2 Å². The van der Waals surface area contributed by atoms with Crippen LogP contribution in [0.25, 0.3) is 0 Å². The van der Waals surface area contributed by atoms with Crippen LogP contribution < -0.4 is 5.11 Å². The molecule has 0 saturated carbocycles. The van der Waals surface area contributed by atoms with E-state index in [4.69, 9.17) is 4.74 Å². The first kappa shape index (κ1) is 11.7. The number of aryl methyl sites for hydroxylation is 1. The van der Waals surface area contributed by atoms with E-state index in [0.29, 0.717) is 12.0 Å². The van der Waals surface area contributed by atoms with Gasteiger partial charge < -0.3 is 19.6 Å². The Morgan fingerprint density at radius 1 is 1.35 bits per heavy atom. The topological polar surface area (TPSA) is 82.2 Å². The maximum Gasteiger partial charge on any atom is 0.355 e. The SMILES string of the molecule is CCOC(=O)c1[nH]c2c(c1C(=O)[O-])CCCC2. The van der Waals surface area contributed by atoms with Gasteiger partial charge in [-0.1, -0.05) is 0 Å². The summed E-state index contributed by atoms with van der Waals surface area (Å²) >= 11 is 0. The average Bonchev–Trinajstić information content (AvgIpc) is 2.68. The zero-order valence-electron chi connectivity index (χ0n) is 9.67. The number of ether oxygens (including phenoxy) is 1. The highest BCUT2D eigenvalue weighted by atomic mass is 16.5. The highest BCUT2D eigenvalue weighted by Gasteiger charge is 2.24. The summed E-state index contributed by atoms with van der Waals surface area (Å²) in [7, 11) is 0. The van der Waals surface area contributed by atoms with E-state index in [1.807, 2.05) is 0 Å². The monoisotopic (exact) mass is 236 g/mol. The molecule has 17 heavy (non-hydrogen) atoms. The van der Waals surface area contributed by atoms with Gasteiger partial charge in [-0.2, -0.15) is 0 Å². The lowest BCUT2D eigenvalue weighted by Gasteiger charge is -2.12. The number of aromatic nitrogens is 1. The summed E-state index contributed by atoms with van der Waals surface area (Å²) in [5, 5.41) is 11.1. The molecule has 1 aromatic rings. The number of carbonyl (C=O) groups excluding carboxylic acids is 2. The van der Waals surface area contributed by atoms with Crippen molar-refractivity contribution in [2.45, 2.75) is 32.6 Å². The van der Waals surface area contributed by atoms with Crippen molar-refractivity contribution in [3.8, 4) is 0 Å². The van der Waals surface area contributed by atoms with Crippen LogP contribution in [0.15, 0.2) is 0 Å². The fraction of sp³-hybridized carbons (Fsp3) is 0.500. The van der Waals surface area contributed by atoms with Crippen molar-refractivity contribution in [1.82, 2.24) is 4.98 Å².